The maximum Gasteiger partial charge on any atom is 0.0202 e. The molecular formula is C32H59N. The zero-order chi connectivity index (χ0) is 25.3. The Labute approximate surface area is 209 Å². The van der Waals surface area contributed by atoms with Crippen molar-refractivity contribution in [2.24, 2.45) is 0 Å². The molecule has 33 heavy (non-hydrogen) atoms. The second kappa shape index (κ2) is 37.7. The molecule has 0 aliphatic carbocycles. The highest BCUT2D eigenvalue weighted by molar-refractivity contribution is 5.13. The van der Waals surface area contributed by atoms with Crippen LogP contribution in [0.15, 0.2) is 66.8 Å². The van der Waals surface area contributed by atoms with Crippen LogP contribution in [-0.2, 0) is 6.54 Å². The van der Waals surface area contributed by atoms with E-state index in [-0.39, 0.29) is 0 Å². The molecular weight excluding hydrogens is 398 g/mol. The van der Waals surface area contributed by atoms with Gasteiger partial charge in [0.05, 0.1) is 0 Å². The van der Waals surface area contributed by atoms with E-state index in [9.17, 15) is 0 Å². The van der Waals surface area contributed by atoms with Crippen LogP contribution in [0.2, 0.25) is 0 Å². The summed E-state index contributed by atoms with van der Waals surface area (Å²) in [5.41, 5.74) is 1.33. The molecule has 0 heterocycles. The zero-order valence-corrected chi connectivity index (χ0v) is 23.5. The molecule has 1 heteroatoms. The normalized spacial score (nSPS) is 10.4. The van der Waals surface area contributed by atoms with Gasteiger partial charge in [-0.15, -0.1) is 0 Å². The Morgan fingerprint density at radius 2 is 1.09 bits per heavy atom. The van der Waals surface area contributed by atoms with Crippen LogP contribution in [0.3, 0.4) is 0 Å². The van der Waals surface area contributed by atoms with Gasteiger partial charge in [-0.25, -0.2) is 0 Å². The maximum absolute atomic E-state index is 3.08. The van der Waals surface area contributed by atoms with Crippen LogP contribution in [0.1, 0.15) is 124 Å². The highest BCUT2D eigenvalue weighted by Gasteiger charge is 1.89. The van der Waals surface area contributed by atoms with Gasteiger partial charge >= 0.3 is 0 Å². The fourth-order valence-electron chi connectivity index (χ4n) is 2.71. The molecule has 0 unspecified atom stereocenters. The Hall–Kier alpha value is -1.60. The molecule has 0 saturated carbocycles. The lowest BCUT2D eigenvalue weighted by molar-refractivity contribution is 0.577. The molecule has 0 spiro atoms. The van der Waals surface area contributed by atoms with E-state index in [1.165, 1.54) is 76.2 Å². The van der Waals surface area contributed by atoms with E-state index in [0.717, 1.165) is 13.0 Å². The number of hydrogen-bond acceptors (Lipinski definition) is 1. The van der Waals surface area contributed by atoms with E-state index < -0.39 is 0 Å². The lowest BCUT2D eigenvalue weighted by atomic mass is 10.1. The summed E-state index contributed by atoms with van der Waals surface area (Å²) in [5, 5.41) is 3.08. The first-order valence-corrected chi connectivity index (χ1v) is 13.7. The van der Waals surface area contributed by atoms with Crippen molar-refractivity contribution in [3.63, 3.8) is 0 Å². The van der Waals surface area contributed by atoms with Crippen molar-refractivity contribution in [1.29, 1.82) is 0 Å². The quantitative estimate of drug-likeness (QED) is 0.216. The molecule has 0 amide bonds. The lowest BCUT2D eigenvalue weighted by Crippen LogP contribution is -2.04. The molecule has 0 aliphatic rings. The minimum Gasteiger partial charge on any atom is -0.316 e. The Morgan fingerprint density at radius 3 is 1.52 bits per heavy atom. The van der Waals surface area contributed by atoms with Crippen LogP contribution in [-0.4, -0.2) is 7.05 Å². The second-order valence-corrected chi connectivity index (χ2v) is 8.22. The van der Waals surface area contributed by atoms with Gasteiger partial charge in [-0.3, -0.25) is 0 Å². The van der Waals surface area contributed by atoms with Crippen molar-refractivity contribution >= 4 is 0 Å². The van der Waals surface area contributed by atoms with Crippen LogP contribution >= 0.6 is 0 Å². The van der Waals surface area contributed by atoms with Crippen molar-refractivity contribution in [3.05, 3.63) is 72.4 Å². The summed E-state index contributed by atoms with van der Waals surface area (Å²) in [5.74, 6) is 0. The molecule has 1 aromatic carbocycles. The number of benzene rings is 1. The maximum atomic E-state index is 3.08. The second-order valence-electron chi connectivity index (χ2n) is 8.22. The van der Waals surface area contributed by atoms with E-state index in [4.69, 9.17) is 0 Å². The monoisotopic (exact) mass is 457 g/mol. The van der Waals surface area contributed by atoms with Gasteiger partial charge in [-0.2, -0.15) is 0 Å². The summed E-state index contributed by atoms with van der Waals surface area (Å²) in [6.45, 7) is 13.8. The predicted octanol–water partition coefficient (Wildman–Crippen LogP) is 10.8. The molecule has 0 aliphatic heterocycles. The van der Waals surface area contributed by atoms with Gasteiger partial charge in [0.25, 0.3) is 0 Å². The lowest BCUT2D eigenvalue weighted by Gasteiger charge is -1.99. The molecule has 1 aromatic rings. The average molecular weight is 458 g/mol. The van der Waals surface area contributed by atoms with Crippen molar-refractivity contribution in [2.75, 3.05) is 7.05 Å². The molecule has 192 valence electrons. The molecule has 0 atom stereocenters. The third-order valence-electron chi connectivity index (χ3n) is 4.93. The fourth-order valence-corrected chi connectivity index (χ4v) is 2.71. The largest absolute Gasteiger partial charge is 0.316 e. The third-order valence-corrected chi connectivity index (χ3v) is 4.93. The molecule has 1 rings (SSSR count). The summed E-state index contributed by atoms with van der Waals surface area (Å²) in [6.07, 6.45) is 29.2. The minimum absolute atomic E-state index is 0.959. The van der Waals surface area contributed by atoms with Crippen LogP contribution in [0.25, 0.3) is 0 Å². The Balaban J connectivity index is -0.000000393. The van der Waals surface area contributed by atoms with Gasteiger partial charge < -0.3 is 5.32 Å². The van der Waals surface area contributed by atoms with Gasteiger partial charge in [0.15, 0.2) is 0 Å². The predicted molar refractivity (Wildman–Crippen MR) is 156 cm³/mol. The fraction of sp³-hybridized carbons (Fsp3) is 0.625. The Kier molecular flexibility index (Phi) is 41.1. The Morgan fingerprint density at radius 1 is 0.606 bits per heavy atom. The SMILES string of the molecule is C/C=C\C/C=C\C.C/C=C\CCCCCCCCCC.CCCC.CNCc1ccccc1. The molecule has 0 aromatic heterocycles. The van der Waals surface area contributed by atoms with Crippen LogP contribution in [0.4, 0.5) is 0 Å². The van der Waals surface area contributed by atoms with Crippen molar-refractivity contribution in [3.8, 4) is 0 Å². The van der Waals surface area contributed by atoms with Crippen molar-refractivity contribution < 1.29 is 0 Å². The Bertz CT molecular complexity index is 486. The zero-order valence-electron chi connectivity index (χ0n) is 23.5. The average Bonchev–Trinajstić information content (AvgIpc) is 2.85. The van der Waals surface area contributed by atoms with E-state index in [1.54, 1.807) is 0 Å². The number of nitrogens with one attached hydrogen (secondary N) is 1. The summed E-state index contributed by atoms with van der Waals surface area (Å²) < 4.78 is 0. The molecule has 0 bridgehead atoms. The topological polar surface area (TPSA) is 12.0 Å². The smallest absolute Gasteiger partial charge is 0.0202 e. The summed E-state index contributed by atoms with van der Waals surface area (Å²) >= 11 is 0. The minimum atomic E-state index is 0.959. The number of hydrogen-bond donors (Lipinski definition) is 1. The number of allylic oxidation sites excluding steroid dienone is 6. The van der Waals surface area contributed by atoms with Crippen molar-refractivity contribution in [1.82, 2.24) is 5.32 Å². The van der Waals surface area contributed by atoms with Gasteiger partial charge in [-0.05, 0) is 52.6 Å². The van der Waals surface area contributed by atoms with Gasteiger partial charge in [0.1, 0.15) is 0 Å². The van der Waals surface area contributed by atoms with Gasteiger partial charge in [-0.1, -0.05) is 145 Å². The van der Waals surface area contributed by atoms with Gasteiger partial charge in [0, 0.05) is 6.54 Å². The first-order chi connectivity index (χ1) is 16.2. The first-order valence-electron chi connectivity index (χ1n) is 13.7. The highest BCUT2D eigenvalue weighted by Crippen LogP contribution is 2.09. The molecule has 0 radical (unpaired) electrons. The third kappa shape index (κ3) is 41.2. The highest BCUT2D eigenvalue weighted by atomic mass is 14.8. The molecule has 1 nitrogen and oxygen atoms in total. The summed E-state index contributed by atoms with van der Waals surface area (Å²) in [4.78, 5) is 0. The van der Waals surface area contributed by atoms with Crippen LogP contribution < -0.4 is 5.32 Å². The molecule has 0 fully saturated rings. The standard InChI is InChI=1S/C13H26.C8H11N.C7H12.C4H10/c1-3-5-7-9-11-13-12-10-8-6-4-2;1-9-7-8-5-3-2-4-6-8;1-3-5-7-6-4-2;1-3-4-2/h3,5H,4,6-13H2,1-2H3;2-6,9H,7H2,1H3;3-6H,7H2,1-2H3;3-4H2,1-2H3/b5-3-;;5-3-,6-4-;. The van der Waals surface area contributed by atoms with Crippen molar-refractivity contribution in [2.45, 2.75) is 125 Å². The van der Waals surface area contributed by atoms with Crippen LogP contribution in [0.5, 0.6) is 0 Å². The van der Waals surface area contributed by atoms with E-state index >= 15 is 0 Å². The van der Waals surface area contributed by atoms with E-state index in [1.807, 2.05) is 39.1 Å². The van der Waals surface area contributed by atoms with Crippen LogP contribution in [0, 0.1) is 0 Å². The first kappa shape index (κ1) is 36.0. The molecule has 1 N–H and O–H groups in total. The molecule has 0 saturated heterocycles. The summed E-state index contributed by atoms with van der Waals surface area (Å²) in [6, 6.07) is 10.3. The number of unbranched alkanes of at least 4 members (excludes halogenated alkanes) is 9. The summed E-state index contributed by atoms with van der Waals surface area (Å²) in [7, 11) is 1.95. The van der Waals surface area contributed by atoms with Gasteiger partial charge in [0.2, 0.25) is 0 Å². The van der Waals surface area contributed by atoms with E-state index in [0.29, 0.717) is 0 Å². The van der Waals surface area contributed by atoms with E-state index in [2.05, 4.69) is 81.6 Å². The number of rotatable bonds is 14.